The average molecular weight is 173 g/mol. The van der Waals surface area contributed by atoms with E-state index in [1.165, 1.54) is 5.69 Å². The monoisotopic (exact) mass is 173 g/mol. The summed E-state index contributed by atoms with van der Waals surface area (Å²) in [7, 11) is 2.09. The van der Waals surface area contributed by atoms with Gasteiger partial charge in [-0.15, -0.1) is 12.3 Å². The van der Waals surface area contributed by atoms with Crippen molar-refractivity contribution in [3.63, 3.8) is 0 Å². The third-order valence-corrected chi connectivity index (χ3v) is 2.01. The molecule has 0 aliphatic carbocycles. The van der Waals surface area contributed by atoms with E-state index in [2.05, 4.69) is 30.0 Å². The fraction of sp³-hybridized carbons (Fsp3) is 0.333. The van der Waals surface area contributed by atoms with Gasteiger partial charge in [0.2, 0.25) is 0 Å². The Balaban J connectivity index is 2.41. The number of terminal acetylenes is 1. The first-order valence-corrected chi connectivity index (χ1v) is 4.54. The van der Waals surface area contributed by atoms with Crippen LogP contribution in [0, 0.1) is 12.3 Å². The van der Waals surface area contributed by atoms with E-state index in [1.807, 2.05) is 18.2 Å². The Hall–Kier alpha value is -1.42. The normalized spacial score (nSPS) is 9.23. The highest BCUT2D eigenvalue weighted by Gasteiger charge is 1.97. The van der Waals surface area contributed by atoms with E-state index < -0.39 is 0 Å². The Kier molecular flexibility index (Phi) is 3.92. The number of anilines is 1. The molecule has 0 aromatic heterocycles. The first-order valence-electron chi connectivity index (χ1n) is 4.54. The lowest BCUT2D eigenvalue weighted by molar-refractivity contribution is 0.811. The minimum Gasteiger partial charge on any atom is -0.375 e. The molecule has 0 N–H and O–H groups in total. The van der Waals surface area contributed by atoms with Gasteiger partial charge in [0.25, 0.3) is 0 Å². The van der Waals surface area contributed by atoms with Gasteiger partial charge in [0.05, 0.1) is 0 Å². The minimum absolute atomic E-state index is 0.858. The van der Waals surface area contributed by atoms with Crippen molar-refractivity contribution in [2.75, 3.05) is 18.5 Å². The quantitative estimate of drug-likeness (QED) is 0.499. The Bertz CT molecular complexity index is 271. The van der Waals surface area contributed by atoms with Crippen LogP contribution < -0.4 is 4.90 Å². The topological polar surface area (TPSA) is 3.24 Å². The maximum absolute atomic E-state index is 5.18. The molecule has 0 saturated carbocycles. The number of rotatable bonds is 4. The summed E-state index contributed by atoms with van der Waals surface area (Å²) in [6, 6.07) is 10.3. The molecule has 1 aromatic rings. The van der Waals surface area contributed by atoms with Crippen LogP contribution in [0.5, 0.6) is 0 Å². The van der Waals surface area contributed by atoms with Crippen molar-refractivity contribution in [2.24, 2.45) is 0 Å². The third-order valence-electron chi connectivity index (χ3n) is 2.01. The molecule has 68 valence electrons. The van der Waals surface area contributed by atoms with Crippen LogP contribution in [0.3, 0.4) is 0 Å². The molecule has 0 spiro atoms. The van der Waals surface area contributed by atoms with Crippen molar-refractivity contribution in [1.82, 2.24) is 0 Å². The molecule has 0 heterocycles. The van der Waals surface area contributed by atoms with Crippen LogP contribution in [0.25, 0.3) is 0 Å². The zero-order valence-electron chi connectivity index (χ0n) is 8.03. The lowest BCUT2D eigenvalue weighted by Gasteiger charge is -2.18. The van der Waals surface area contributed by atoms with E-state index in [0.29, 0.717) is 0 Å². The number of para-hydroxylation sites is 1. The zero-order chi connectivity index (χ0) is 9.52. The van der Waals surface area contributed by atoms with Gasteiger partial charge in [-0.25, -0.2) is 0 Å². The molecular formula is C12H15N. The van der Waals surface area contributed by atoms with Crippen LogP contribution in [0.1, 0.15) is 12.8 Å². The fourth-order valence-electron chi connectivity index (χ4n) is 1.23. The van der Waals surface area contributed by atoms with Gasteiger partial charge >= 0.3 is 0 Å². The molecule has 0 bridgehead atoms. The molecule has 1 nitrogen and oxygen atoms in total. The summed E-state index contributed by atoms with van der Waals surface area (Å²) < 4.78 is 0. The van der Waals surface area contributed by atoms with Gasteiger partial charge in [0, 0.05) is 25.7 Å². The van der Waals surface area contributed by atoms with Crippen LogP contribution in [0.4, 0.5) is 5.69 Å². The average Bonchev–Trinajstić information content (AvgIpc) is 2.19. The zero-order valence-corrected chi connectivity index (χ0v) is 8.03. The van der Waals surface area contributed by atoms with Crippen LogP contribution in [0.15, 0.2) is 30.3 Å². The van der Waals surface area contributed by atoms with Gasteiger partial charge < -0.3 is 4.90 Å². The van der Waals surface area contributed by atoms with Crippen LogP contribution in [-0.4, -0.2) is 13.6 Å². The number of nitrogens with zero attached hydrogens (tertiary/aromatic N) is 1. The summed E-state index contributed by atoms with van der Waals surface area (Å²) in [5, 5.41) is 0. The Morgan fingerprint density at radius 2 is 2.00 bits per heavy atom. The first-order chi connectivity index (χ1) is 6.34. The Labute approximate surface area is 80.4 Å². The lowest BCUT2D eigenvalue weighted by atomic mass is 10.2. The predicted molar refractivity (Wildman–Crippen MR) is 57.8 cm³/mol. The highest BCUT2D eigenvalue weighted by atomic mass is 15.1. The Morgan fingerprint density at radius 3 is 2.62 bits per heavy atom. The third kappa shape index (κ3) is 3.21. The number of hydrogen-bond acceptors (Lipinski definition) is 1. The molecule has 0 aliphatic rings. The fourth-order valence-corrected chi connectivity index (χ4v) is 1.23. The first kappa shape index (κ1) is 9.67. The van der Waals surface area contributed by atoms with Crippen molar-refractivity contribution >= 4 is 5.69 Å². The smallest absolute Gasteiger partial charge is 0.0363 e. The van der Waals surface area contributed by atoms with Crippen molar-refractivity contribution < 1.29 is 0 Å². The van der Waals surface area contributed by atoms with Gasteiger partial charge in [0.15, 0.2) is 0 Å². The van der Waals surface area contributed by atoms with E-state index in [4.69, 9.17) is 6.42 Å². The SMILES string of the molecule is C#CCCCN(C)c1ccccc1. The molecule has 0 saturated heterocycles. The van der Waals surface area contributed by atoms with E-state index >= 15 is 0 Å². The molecule has 1 heteroatoms. The van der Waals surface area contributed by atoms with E-state index in [9.17, 15) is 0 Å². The van der Waals surface area contributed by atoms with Crippen LogP contribution in [-0.2, 0) is 0 Å². The van der Waals surface area contributed by atoms with Crippen molar-refractivity contribution in [2.45, 2.75) is 12.8 Å². The maximum Gasteiger partial charge on any atom is 0.0363 e. The van der Waals surface area contributed by atoms with E-state index in [0.717, 1.165) is 19.4 Å². The number of hydrogen-bond donors (Lipinski definition) is 0. The summed E-state index contributed by atoms with van der Waals surface area (Å²) in [5.41, 5.74) is 1.25. The number of benzene rings is 1. The summed E-state index contributed by atoms with van der Waals surface area (Å²) >= 11 is 0. The molecule has 0 fully saturated rings. The van der Waals surface area contributed by atoms with Gasteiger partial charge in [-0.1, -0.05) is 18.2 Å². The van der Waals surface area contributed by atoms with E-state index in [-0.39, 0.29) is 0 Å². The summed E-state index contributed by atoms with van der Waals surface area (Å²) in [6.07, 6.45) is 7.10. The lowest BCUT2D eigenvalue weighted by Crippen LogP contribution is -2.17. The predicted octanol–water partition coefficient (Wildman–Crippen LogP) is 2.54. The number of unbranched alkanes of at least 4 members (excludes halogenated alkanes) is 1. The van der Waals surface area contributed by atoms with Crippen molar-refractivity contribution in [3.05, 3.63) is 30.3 Å². The summed E-state index contributed by atoms with van der Waals surface area (Å²) in [4.78, 5) is 2.22. The Morgan fingerprint density at radius 1 is 1.31 bits per heavy atom. The highest BCUT2D eigenvalue weighted by molar-refractivity contribution is 5.44. The molecule has 13 heavy (non-hydrogen) atoms. The summed E-state index contributed by atoms with van der Waals surface area (Å²) in [5.74, 6) is 2.65. The molecular weight excluding hydrogens is 158 g/mol. The molecule has 0 atom stereocenters. The van der Waals surface area contributed by atoms with Crippen molar-refractivity contribution in [1.29, 1.82) is 0 Å². The molecule has 0 amide bonds. The van der Waals surface area contributed by atoms with Gasteiger partial charge in [-0.3, -0.25) is 0 Å². The highest BCUT2D eigenvalue weighted by Crippen LogP contribution is 2.11. The van der Waals surface area contributed by atoms with E-state index in [1.54, 1.807) is 0 Å². The second-order valence-corrected chi connectivity index (χ2v) is 3.06. The van der Waals surface area contributed by atoms with Crippen LogP contribution in [0.2, 0.25) is 0 Å². The van der Waals surface area contributed by atoms with Gasteiger partial charge in [0.1, 0.15) is 0 Å². The standard InChI is InChI=1S/C12H15N/c1-3-4-8-11-13(2)12-9-6-5-7-10-12/h1,5-7,9-10H,4,8,11H2,2H3. The molecule has 0 aliphatic heterocycles. The van der Waals surface area contributed by atoms with Gasteiger partial charge in [-0.2, -0.15) is 0 Å². The molecule has 0 unspecified atom stereocenters. The van der Waals surface area contributed by atoms with Gasteiger partial charge in [-0.05, 0) is 18.6 Å². The molecule has 1 aromatic carbocycles. The second kappa shape index (κ2) is 5.27. The maximum atomic E-state index is 5.18. The molecule has 0 radical (unpaired) electrons. The molecule has 1 rings (SSSR count). The largest absolute Gasteiger partial charge is 0.375 e. The van der Waals surface area contributed by atoms with Crippen LogP contribution >= 0.6 is 0 Å². The second-order valence-electron chi connectivity index (χ2n) is 3.06. The summed E-state index contributed by atoms with van der Waals surface area (Å²) in [6.45, 7) is 1.02. The van der Waals surface area contributed by atoms with Crippen molar-refractivity contribution in [3.8, 4) is 12.3 Å². The minimum atomic E-state index is 0.858.